The first-order valence-electron chi connectivity index (χ1n) is 7.51. The van der Waals surface area contributed by atoms with E-state index in [1.54, 1.807) is 23.7 Å². The van der Waals surface area contributed by atoms with E-state index in [1.165, 1.54) is 24.1 Å². The number of hydrogen-bond acceptors (Lipinski definition) is 6. The summed E-state index contributed by atoms with van der Waals surface area (Å²) in [5, 5.41) is 4.48. The number of methoxy groups -OCH3 is 1. The molecule has 0 fully saturated rings. The molecule has 0 aliphatic heterocycles. The summed E-state index contributed by atoms with van der Waals surface area (Å²) in [4.78, 5) is 33.2. The molecule has 0 aliphatic carbocycles. The molecule has 1 aromatic carbocycles. The molecule has 0 N–H and O–H groups in total. The average Bonchev–Trinajstić information content (AvgIpc) is 3.05. The molecule has 0 atom stereocenters. The molecular weight excluding hydrogens is 310 g/mol. The Labute approximate surface area is 137 Å². The summed E-state index contributed by atoms with van der Waals surface area (Å²) in [5.41, 5.74) is 0.628. The Morgan fingerprint density at radius 3 is 2.83 bits per heavy atom. The van der Waals surface area contributed by atoms with Gasteiger partial charge in [-0.05, 0) is 32.0 Å². The van der Waals surface area contributed by atoms with Crippen molar-refractivity contribution in [1.29, 1.82) is 0 Å². The zero-order valence-electron chi connectivity index (χ0n) is 13.7. The maximum Gasteiger partial charge on any atom is 0.337 e. The third kappa shape index (κ3) is 2.66. The third-order valence-electron chi connectivity index (χ3n) is 3.86. The zero-order chi connectivity index (χ0) is 17.3. The van der Waals surface area contributed by atoms with E-state index in [0.29, 0.717) is 34.7 Å². The van der Waals surface area contributed by atoms with Gasteiger partial charge in [0.2, 0.25) is 0 Å². The molecule has 24 heavy (non-hydrogen) atoms. The summed E-state index contributed by atoms with van der Waals surface area (Å²) in [6.07, 6.45) is 1.46. The molecule has 0 saturated carbocycles. The second-order valence-corrected chi connectivity index (χ2v) is 5.27. The van der Waals surface area contributed by atoms with Crippen molar-refractivity contribution >= 4 is 16.9 Å². The first-order valence-corrected chi connectivity index (χ1v) is 7.51. The van der Waals surface area contributed by atoms with Gasteiger partial charge in [0.15, 0.2) is 0 Å². The molecule has 2 aromatic heterocycles. The maximum atomic E-state index is 12.9. The minimum atomic E-state index is -0.492. The number of carbonyl (C=O) groups is 1. The van der Waals surface area contributed by atoms with Gasteiger partial charge in [0.05, 0.1) is 30.1 Å². The van der Waals surface area contributed by atoms with Gasteiger partial charge in [-0.3, -0.25) is 9.36 Å². The van der Waals surface area contributed by atoms with Crippen molar-refractivity contribution in [1.82, 2.24) is 24.3 Å². The summed E-state index contributed by atoms with van der Waals surface area (Å²) in [6, 6.07) is 4.75. The molecule has 8 heteroatoms. The van der Waals surface area contributed by atoms with E-state index in [-0.39, 0.29) is 12.1 Å². The highest BCUT2D eigenvalue weighted by molar-refractivity contribution is 5.94. The van der Waals surface area contributed by atoms with Crippen LogP contribution in [0.15, 0.2) is 29.3 Å². The summed E-state index contributed by atoms with van der Waals surface area (Å²) in [6.45, 7) is 4.65. The average molecular weight is 327 g/mol. The van der Waals surface area contributed by atoms with E-state index >= 15 is 0 Å². The fraction of sp³-hybridized carbons (Fsp3) is 0.312. The van der Waals surface area contributed by atoms with Gasteiger partial charge in [0.25, 0.3) is 5.56 Å². The lowest BCUT2D eigenvalue weighted by Crippen LogP contribution is -2.26. The minimum Gasteiger partial charge on any atom is -0.465 e. The van der Waals surface area contributed by atoms with Gasteiger partial charge in [-0.1, -0.05) is 0 Å². The molecule has 0 amide bonds. The first kappa shape index (κ1) is 15.9. The van der Waals surface area contributed by atoms with Crippen LogP contribution in [0.4, 0.5) is 0 Å². The molecule has 0 spiro atoms. The standard InChI is InChI=1S/C16H17N5O3/c1-4-21-14(17-9-18-21)8-20-10(2)19-13-6-5-11(16(23)24-3)7-12(13)15(20)22/h5-7,9H,4,8H2,1-3H3. The molecule has 0 radical (unpaired) electrons. The Morgan fingerprint density at radius 1 is 1.33 bits per heavy atom. The molecule has 0 unspecified atom stereocenters. The number of hydrogen-bond donors (Lipinski definition) is 0. The van der Waals surface area contributed by atoms with Gasteiger partial charge in [0.1, 0.15) is 18.0 Å². The van der Waals surface area contributed by atoms with Crippen molar-refractivity contribution in [2.24, 2.45) is 0 Å². The van der Waals surface area contributed by atoms with E-state index in [2.05, 4.69) is 15.1 Å². The van der Waals surface area contributed by atoms with Crippen LogP contribution < -0.4 is 5.56 Å². The first-order chi connectivity index (χ1) is 11.5. The van der Waals surface area contributed by atoms with Crippen molar-refractivity contribution < 1.29 is 9.53 Å². The number of benzene rings is 1. The zero-order valence-corrected chi connectivity index (χ0v) is 13.7. The van der Waals surface area contributed by atoms with Gasteiger partial charge in [-0.15, -0.1) is 0 Å². The molecule has 0 bridgehead atoms. The lowest BCUT2D eigenvalue weighted by atomic mass is 10.1. The van der Waals surface area contributed by atoms with Crippen LogP contribution in [0, 0.1) is 6.92 Å². The smallest absolute Gasteiger partial charge is 0.337 e. The Bertz CT molecular complexity index is 973. The van der Waals surface area contributed by atoms with Crippen LogP contribution in [0.5, 0.6) is 0 Å². The number of rotatable bonds is 4. The Balaban J connectivity index is 2.14. The predicted molar refractivity (Wildman–Crippen MR) is 86.9 cm³/mol. The predicted octanol–water partition coefficient (Wildman–Crippen LogP) is 1.15. The van der Waals surface area contributed by atoms with Gasteiger partial charge in [-0.25, -0.2) is 19.4 Å². The van der Waals surface area contributed by atoms with Crippen LogP contribution in [0.3, 0.4) is 0 Å². The lowest BCUT2D eigenvalue weighted by molar-refractivity contribution is 0.0601. The van der Waals surface area contributed by atoms with E-state index in [1.807, 2.05) is 6.92 Å². The van der Waals surface area contributed by atoms with Crippen molar-refractivity contribution in [3.63, 3.8) is 0 Å². The van der Waals surface area contributed by atoms with E-state index in [4.69, 9.17) is 4.74 Å². The second-order valence-electron chi connectivity index (χ2n) is 5.27. The van der Waals surface area contributed by atoms with E-state index in [9.17, 15) is 9.59 Å². The van der Waals surface area contributed by atoms with Crippen LogP contribution in [0.1, 0.15) is 28.9 Å². The number of nitrogens with zero attached hydrogens (tertiary/aromatic N) is 5. The highest BCUT2D eigenvalue weighted by Gasteiger charge is 2.14. The van der Waals surface area contributed by atoms with Crippen LogP contribution in [0.2, 0.25) is 0 Å². The van der Waals surface area contributed by atoms with Crippen molar-refractivity contribution in [2.45, 2.75) is 26.9 Å². The third-order valence-corrected chi connectivity index (χ3v) is 3.86. The monoisotopic (exact) mass is 327 g/mol. The molecule has 3 rings (SSSR count). The summed E-state index contributed by atoms with van der Waals surface area (Å²) >= 11 is 0. The maximum absolute atomic E-state index is 12.9. The summed E-state index contributed by atoms with van der Waals surface area (Å²) in [7, 11) is 1.30. The summed E-state index contributed by atoms with van der Waals surface area (Å²) < 4.78 is 7.96. The highest BCUT2D eigenvalue weighted by atomic mass is 16.5. The van der Waals surface area contributed by atoms with E-state index in [0.717, 1.165) is 0 Å². The fourth-order valence-electron chi connectivity index (χ4n) is 2.58. The highest BCUT2D eigenvalue weighted by Crippen LogP contribution is 2.13. The number of aryl methyl sites for hydroxylation is 2. The number of aromatic nitrogens is 5. The van der Waals surface area contributed by atoms with Gasteiger partial charge in [0, 0.05) is 6.54 Å². The van der Waals surface area contributed by atoms with Crippen LogP contribution in [-0.4, -0.2) is 37.4 Å². The van der Waals surface area contributed by atoms with Crippen LogP contribution in [0.25, 0.3) is 10.9 Å². The Morgan fingerprint density at radius 2 is 2.12 bits per heavy atom. The molecule has 2 heterocycles. The lowest BCUT2D eigenvalue weighted by Gasteiger charge is -2.11. The molecule has 0 saturated heterocycles. The van der Waals surface area contributed by atoms with Crippen molar-refractivity contribution in [3.8, 4) is 0 Å². The topological polar surface area (TPSA) is 91.9 Å². The summed E-state index contributed by atoms with van der Waals surface area (Å²) in [5.74, 6) is 0.756. The van der Waals surface area contributed by atoms with Gasteiger partial charge < -0.3 is 4.74 Å². The fourth-order valence-corrected chi connectivity index (χ4v) is 2.58. The molecule has 124 valence electrons. The Hall–Kier alpha value is -3.03. The SMILES string of the molecule is CCn1ncnc1Cn1c(C)nc2ccc(C(=O)OC)cc2c1=O. The molecular formula is C16H17N5O3. The largest absolute Gasteiger partial charge is 0.465 e. The van der Waals surface area contributed by atoms with E-state index < -0.39 is 5.97 Å². The molecule has 0 aliphatic rings. The molecule has 8 nitrogen and oxygen atoms in total. The normalized spacial score (nSPS) is 11.0. The van der Waals surface area contributed by atoms with Gasteiger partial charge in [-0.2, -0.15) is 5.10 Å². The quantitative estimate of drug-likeness (QED) is 0.668. The van der Waals surface area contributed by atoms with Crippen molar-refractivity contribution in [2.75, 3.05) is 7.11 Å². The minimum absolute atomic E-state index is 0.228. The van der Waals surface area contributed by atoms with Crippen LogP contribution in [-0.2, 0) is 17.8 Å². The van der Waals surface area contributed by atoms with Crippen molar-refractivity contribution in [3.05, 3.63) is 52.1 Å². The number of esters is 1. The Kier molecular flexibility index (Phi) is 4.11. The number of ether oxygens (including phenoxy) is 1. The second kappa shape index (κ2) is 6.23. The number of carbonyl (C=O) groups excluding carboxylic acids is 1. The van der Waals surface area contributed by atoms with Crippen LogP contribution >= 0.6 is 0 Å². The molecule has 3 aromatic rings. The van der Waals surface area contributed by atoms with Gasteiger partial charge >= 0.3 is 5.97 Å². The number of fused-ring (bicyclic) bond motifs is 1.